The number of hydrogen-bond donors (Lipinski definition) is 1. The van der Waals surface area contributed by atoms with Crippen LogP contribution in [-0.4, -0.2) is 40.1 Å². The highest BCUT2D eigenvalue weighted by Gasteiger charge is 2.39. The highest BCUT2D eigenvalue weighted by atomic mass is 16.5. The summed E-state index contributed by atoms with van der Waals surface area (Å²) < 4.78 is 21.9. The first-order valence-corrected chi connectivity index (χ1v) is 10.5. The Bertz CT molecular complexity index is 1060. The zero-order valence-electron chi connectivity index (χ0n) is 18.7. The van der Waals surface area contributed by atoms with Gasteiger partial charge in [-0.05, 0) is 36.1 Å². The fourth-order valence-corrected chi connectivity index (χ4v) is 4.75. The van der Waals surface area contributed by atoms with Crippen LogP contribution in [0.2, 0.25) is 0 Å². The van der Waals surface area contributed by atoms with Crippen LogP contribution in [0, 0.1) is 0 Å². The molecule has 4 rings (SSSR count). The van der Waals surface area contributed by atoms with Crippen LogP contribution in [0.4, 0.5) is 0 Å². The van der Waals surface area contributed by atoms with E-state index in [9.17, 15) is 9.59 Å². The number of carbonyl (C=O) groups is 2. The summed E-state index contributed by atoms with van der Waals surface area (Å²) in [7, 11) is 6.27. The maximum atomic E-state index is 13.4. The van der Waals surface area contributed by atoms with Crippen molar-refractivity contribution < 1.29 is 28.5 Å². The Balaban J connectivity index is 1.74. The van der Waals surface area contributed by atoms with E-state index >= 15 is 0 Å². The molecule has 2 aliphatic rings. The Morgan fingerprint density at radius 2 is 1.47 bits per heavy atom. The molecule has 7 nitrogen and oxygen atoms in total. The molecule has 2 atom stereocenters. The average molecular weight is 437 g/mol. The second kappa shape index (κ2) is 8.94. The molecule has 1 aliphatic heterocycles. The second-order valence-electron chi connectivity index (χ2n) is 7.93. The van der Waals surface area contributed by atoms with Crippen LogP contribution in [0.15, 0.2) is 47.7 Å². The molecule has 0 saturated carbocycles. The van der Waals surface area contributed by atoms with Crippen LogP contribution < -0.4 is 24.3 Å². The first-order chi connectivity index (χ1) is 15.5. The lowest BCUT2D eigenvalue weighted by molar-refractivity contribution is -0.122. The molecular weight excluding hydrogens is 410 g/mol. The molecule has 0 bridgehead atoms. The van der Waals surface area contributed by atoms with Crippen molar-refractivity contribution >= 4 is 11.7 Å². The number of methoxy groups -OCH3 is 4. The van der Waals surface area contributed by atoms with Gasteiger partial charge in [-0.1, -0.05) is 18.2 Å². The molecule has 0 unspecified atom stereocenters. The van der Waals surface area contributed by atoms with Crippen LogP contribution in [0.5, 0.6) is 23.0 Å². The number of carbonyl (C=O) groups excluding carboxylic acids is 2. The third-order valence-corrected chi connectivity index (χ3v) is 6.21. The predicted octanol–water partition coefficient (Wildman–Crippen LogP) is 3.73. The van der Waals surface area contributed by atoms with E-state index in [2.05, 4.69) is 5.32 Å². The summed E-state index contributed by atoms with van der Waals surface area (Å²) in [5, 5.41) is 2.96. The molecule has 1 N–H and O–H groups in total. The summed E-state index contributed by atoms with van der Waals surface area (Å²) in [6.45, 7) is 0. The number of ether oxygens (including phenoxy) is 4. The number of hydrogen-bond acceptors (Lipinski definition) is 6. The Morgan fingerprint density at radius 1 is 0.812 bits per heavy atom. The van der Waals surface area contributed by atoms with Gasteiger partial charge < -0.3 is 24.3 Å². The fraction of sp³-hybridized carbons (Fsp3) is 0.360. The summed E-state index contributed by atoms with van der Waals surface area (Å²) in [6.07, 6.45) is 1.09. The van der Waals surface area contributed by atoms with Crippen molar-refractivity contribution in [3.63, 3.8) is 0 Å². The number of allylic oxidation sites excluding steroid dienone is 2. The Hall–Kier alpha value is -3.48. The number of nitrogens with one attached hydrogen (secondary N) is 1. The summed E-state index contributed by atoms with van der Waals surface area (Å²) in [5.41, 5.74) is 3.12. The number of rotatable bonds is 6. The number of ketones is 1. The van der Waals surface area contributed by atoms with Gasteiger partial charge in [-0.3, -0.25) is 9.59 Å². The zero-order valence-corrected chi connectivity index (χ0v) is 18.7. The lowest BCUT2D eigenvalue weighted by atomic mass is 9.73. The summed E-state index contributed by atoms with van der Waals surface area (Å²) in [6, 6.07) is 11.3. The number of para-hydroxylation sites is 1. The molecule has 1 amide bonds. The SMILES string of the molecule is COc1ccccc1[C@@H]1CC(=O)NC2=C1C(=O)C[C@H](c1cc(OC)c(OC)c(OC)c1)C2. The average Bonchev–Trinajstić information content (AvgIpc) is 2.81. The Kier molecular flexibility index (Phi) is 6.08. The van der Waals surface area contributed by atoms with Gasteiger partial charge in [0.1, 0.15) is 5.75 Å². The van der Waals surface area contributed by atoms with E-state index in [1.54, 1.807) is 28.4 Å². The predicted molar refractivity (Wildman–Crippen MR) is 119 cm³/mol. The first-order valence-electron chi connectivity index (χ1n) is 10.5. The van der Waals surface area contributed by atoms with Crippen LogP contribution in [0.3, 0.4) is 0 Å². The number of benzene rings is 2. The van der Waals surface area contributed by atoms with Gasteiger partial charge in [-0.2, -0.15) is 0 Å². The fourth-order valence-electron chi connectivity index (χ4n) is 4.75. The van der Waals surface area contributed by atoms with Gasteiger partial charge in [0.2, 0.25) is 11.7 Å². The lowest BCUT2D eigenvalue weighted by Gasteiger charge is -2.35. The molecule has 0 fully saturated rings. The maximum Gasteiger partial charge on any atom is 0.225 e. The lowest BCUT2D eigenvalue weighted by Crippen LogP contribution is -2.38. The normalized spacial score (nSPS) is 20.4. The molecule has 0 radical (unpaired) electrons. The molecular formula is C25H27NO6. The van der Waals surface area contributed by atoms with E-state index in [0.29, 0.717) is 47.1 Å². The van der Waals surface area contributed by atoms with Crippen LogP contribution in [-0.2, 0) is 9.59 Å². The molecule has 7 heteroatoms. The van der Waals surface area contributed by atoms with E-state index < -0.39 is 0 Å². The quantitative estimate of drug-likeness (QED) is 0.742. The molecule has 1 heterocycles. The molecule has 2 aromatic carbocycles. The minimum atomic E-state index is -0.316. The summed E-state index contributed by atoms with van der Waals surface area (Å²) in [5.74, 6) is 1.75. The molecule has 0 saturated heterocycles. The van der Waals surface area contributed by atoms with Gasteiger partial charge in [0.05, 0.1) is 28.4 Å². The van der Waals surface area contributed by atoms with Gasteiger partial charge in [-0.15, -0.1) is 0 Å². The summed E-state index contributed by atoms with van der Waals surface area (Å²) >= 11 is 0. The second-order valence-corrected chi connectivity index (χ2v) is 7.93. The van der Waals surface area contributed by atoms with Crippen LogP contribution >= 0.6 is 0 Å². The zero-order chi connectivity index (χ0) is 22.8. The van der Waals surface area contributed by atoms with Crippen molar-refractivity contribution in [1.29, 1.82) is 0 Å². The van der Waals surface area contributed by atoms with Crippen LogP contribution in [0.25, 0.3) is 0 Å². The Labute approximate surface area is 187 Å². The topological polar surface area (TPSA) is 83.1 Å². The van der Waals surface area contributed by atoms with Crippen molar-refractivity contribution in [2.45, 2.75) is 31.1 Å². The van der Waals surface area contributed by atoms with Crippen molar-refractivity contribution in [1.82, 2.24) is 5.32 Å². The number of Topliss-reactive ketones (excluding diaryl/α,β-unsaturated/α-hetero) is 1. The van der Waals surface area contributed by atoms with Crippen molar-refractivity contribution in [3.05, 3.63) is 58.8 Å². The highest BCUT2D eigenvalue weighted by Crippen LogP contribution is 2.47. The van der Waals surface area contributed by atoms with E-state index in [1.165, 1.54) is 0 Å². The van der Waals surface area contributed by atoms with Crippen molar-refractivity contribution in [2.75, 3.05) is 28.4 Å². The van der Waals surface area contributed by atoms with Crippen molar-refractivity contribution in [2.24, 2.45) is 0 Å². The highest BCUT2D eigenvalue weighted by molar-refractivity contribution is 6.02. The molecule has 2 aromatic rings. The minimum Gasteiger partial charge on any atom is -0.496 e. The number of amides is 1. The molecule has 168 valence electrons. The van der Waals surface area contributed by atoms with Gasteiger partial charge in [0, 0.05) is 35.6 Å². The standard InChI is InChI=1S/C25H27NO6/c1-29-20-8-6-5-7-16(20)17-13-23(28)26-18-9-14(10-19(27)24(17)18)15-11-21(30-2)25(32-4)22(12-15)31-3/h5-8,11-12,14,17H,9-10,13H2,1-4H3,(H,26,28)/t14-,17+/m1/s1. The van der Waals surface area contributed by atoms with Gasteiger partial charge in [-0.25, -0.2) is 0 Å². The monoisotopic (exact) mass is 437 g/mol. The minimum absolute atomic E-state index is 0.0286. The molecule has 0 spiro atoms. The Morgan fingerprint density at radius 3 is 2.09 bits per heavy atom. The third-order valence-electron chi connectivity index (χ3n) is 6.21. The summed E-state index contributed by atoms with van der Waals surface area (Å²) in [4.78, 5) is 26.0. The van der Waals surface area contributed by atoms with E-state index in [-0.39, 0.29) is 29.9 Å². The first kappa shape index (κ1) is 21.7. The maximum absolute atomic E-state index is 13.4. The van der Waals surface area contributed by atoms with E-state index in [0.717, 1.165) is 11.1 Å². The molecule has 32 heavy (non-hydrogen) atoms. The van der Waals surface area contributed by atoms with E-state index in [4.69, 9.17) is 18.9 Å². The third kappa shape index (κ3) is 3.79. The van der Waals surface area contributed by atoms with Gasteiger partial charge in [0.25, 0.3) is 0 Å². The molecule has 1 aliphatic carbocycles. The van der Waals surface area contributed by atoms with Gasteiger partial charge in [0.15, 0.2) is 17.3 Å². The van der Waals surface area contributed by atoms with E-state index in [1.807, 2.05) is 36.4 Å². The largest absolute Gasteiger partial charge is 0.496 e. The van der Waals surface area contributed by atoms with Gasteiger partial charge >= 0.3 is 0 Å². The smallest absolute Gasteiger partial charge is 0.225 e. The molecule has 0 aromatic heterocycles. The van der Waals surface area contributed by atoms with Crippen LogP contribution in [0.1, 0.15) is 42.2 Å². The van der Waals surface area contributed by atoms with Crippen molar-refractivity contribution in [3.8, 4) is 23.0 Å².